The Morgan fingerprint density at radius 3 is 2.26 bits per heavy atom. The molecule has 23 heavy (non-hydrogen) atoms. The molecule has 1 aromatic rings. The number of aryl methyl sites for hydroxylation is 1. The van der Waals surface area contributed by atoms with Crippen LogP contribution in [-0.4, -0.2) is 44.9 Å². The zero-order valence-electron chi connectivity index (χ0n) is 12.7. The number of aliphatic carboxylic acids is 2. The molecule has 0 saturated heterocycles. The second-order valence-electron chi connectivity index (χ2n) is 5.28. The molecule has 7 heteroatoms. The highest BCUT2D eigenvalue weighted by atomic mass is 16.5. The van der Waals surface area contributed by atoms with Crippen LogP contribution in [-0.2, 0) is 20.8 Å². The van der Waals surface area contributed by atoms with Crippen LogP contribution in [0.1, 0.15) is 31.2 Å². The summed E-state index contributed by atoms with van der Waals surface area (Å²) in [6.45, 7) is -0.410. The summed E-state index contributed by atoms with van der Waals surface area (Å²) >= 11 is 0. The van der Waals surface area contributed by atoms with Crippen molar-refractivity contribution in [3.63, 3.8) is 0 Å². The van der Waals surface area contributed by atoms with Crippen molar-refractivity contribution in [1.82, 2.24) is 5.06 Å². The fourth-order valence-electron chi connectivity index (χ4n) is 2.12. The van der Waals surface area contributed by atoms with Gasteiger partial charge in [0.1, 0.15) is 0 Å². The molecule has 0 aliphatic carbocycles. The minimum absolute atomic E-state index is 0.0939. The summed E-state index contributed by atoms with van der Waals surface area (Å²) in [5.74, 6) is -4.02. The first kappa shape index (κ1) is 18.6. The van der Waals surface area contributed by atoms with Gasteiger partial charge in [0.2, 0.25) is 5.91 Å². The van der Waals surface area contributed by atoms with E-state index in [0.29, 0.717) is 17.9 Å². The van der Waals surface area contributed by atoms with E-state index in [0.717, 1.165) is 5.56 Å². The molecule has 0 radical (unpaired) electrons. The van der Waals surface area contributed by atoms with Gasteiger partial charge in [0.05, 0.1) is 12.5 Å². The molecule has 0 heterocycles. The number of carbonyl (C=O) groups excluding carboxylic acids is 1. The molecule has 3 N–H and O–H groups in total. The lowest BCUT2D eigenvalue weighted by atomic mass is 10.0. The third kappa shape index (κ3) is 7.42. The topological polar surface area (TPSA) is 115 Å². The van der Waals surface area contributed by atoms with Gasteiger partial charge in [0.15, 0.2) is 0 Å². The summed E-state index contributed by atoms with van der Waals surface area (Å²) in [6.07, 6.45) is 0.844. The zero-order chi connectivity index (χ0) is 17.2. The van der Waals surface area contributed by atoms with Crippen LogP contribution in [0.3, 0.4) is 0 Å². The van der Waals surface area contributed by atoms with E-state index in [1.54, 1.807) is 0 Å². The molecule has 0 spiro atoms. The van der Waals surface area contributed by atoms with Gasteiger partial charge in [-0.15, -0.1) is 0 Å². The van der Waals surface area contributed by atoms with E-state index < -0.39 is 30.3 Å². The lowest BCUT2D eigenvalue weighted by Crippen LogP contribution is -2.35. The van der Waals surface area contributed by atoms with E-state index in [4.69, 9.17) is 10.2 Å². The maximum absolute atomic E-state index is 11.8. The zero-order valence-corrected chi connectivity index (χ0v) is 12.7. The van der Waals surface area contributed by atoms with Gasteiger partial charge < -0.3 is 10.2 Å². The second-order valence-corrected chi connectivity index (χ2v) is 5.28. The second kappa shape index (κ2) is 9.58. The summed E-state index contributed by atoms with van der Waals surface area (Å²) in [7, 11) is 0. The molecule has 1 amide bonds. The minimum Gasteiger partial charge on any atom is -0.481 e. The van der Waals surface area contributed by atoms with Crippen molar-refractivity contribution in [3.05, 3.63) is 35.9 Å². The number of hydroxylamine groups is 2. The first-order chi connectivity index (χ1) is 10.9. The quantitative estimate of drug-likeness (QED) is 0.447. The Morgan fingerprint density at radius 1 is 1.04 bits per heavy atom. The molecule has 7 nitrogen and oxygen atoms in total. The Hall–Kier alpha value is -2.41. The van der Waals surface area contributed by atoms with Gasteiger partial charge in [0.25, 0.3) is 0 Å². The highest BCUT2D eigenvalue weighted by molar-refractivity contribution is 5.76. The largest absolute Gasteiger partial charge is 0.481 e. The van der Waals surface area contributed by atoms with Crippen molar-refractivity contribution in [2.24, 2.45) is 5.92 Å². The number of amides is 1. The smallest absolute Gasteiger partial charge is 0.308 e. The third-order valence-corrected chi connectivity index (χ3v) is 3.44. The van der Waals surface area contributed by atoms with E-state index >= 15 is 0 Å². The minimum atomic E-state index is -1.23. The van der Waals surface area contributed by atoms with Gasteiger partial charge in [-0.25, -0.2) is 5.06 Å². The van der Waals surface area contributed by atoms with Crippen LogP contribution in [0.2, 0.25) is 0 Å². The summed E-state index contributed by atoms with van der Waals surface area (Å²) in [6, 6.07) is 9.57. The molecular weight excluding hydrogens is 302 g/mol. The van der Waals surface area contributed by atoms with Gasteiger partial charge in [-0.1, -0.05) is 30.3 Å². The standard InChI is InChI=1S/C16H21NO6/c18-14(8-4-7-12-5-2-1-3-6-12)17(23)11-13(16(21)22)9-10-15(19)20/h1-3,5-6,13,23H,4,7-11H2,(H,19,20)(H,21,22). The summed E-state index contributed by atoms with van der Waals surface area (Å²) in [5, 5.41) is 27.6. The Morgan fingerprint density at radius 2 is 1.70 bits per heavy atom. The fourth-order valence-corrected chi connectivity index (χ4v) is 2.12. The monoisotopic (exact) mass is 323 g/mol. The Balaban J connectivity index is 2.38. The lowest BCUT2D eigenvalue weighted by Gasteiger charge is -2.19. The number of benzene rings is 1. The van der Waals surface area contributed by atoms with Crippen LogP contribution in [0.25, 0.3) is 0 Å². The molecule has 0 fully saturated rings. The first-order valence-electron chi connectivity index (χ1n) is 7.38. The first-order valence-corrected chi connectivity index (χ1v) is 7.38. The normalized spacial score (nSPS) is 11.7. The van der Waals surface area contributed by atoms with E-state index in [1.165, 1.54) is 0 Å². The van der Waals surface area contributed by atoms with Gasteiger partial charge in [-0.2, -0.15) is 0 Å². The molecule has 1 rings (SSSR count). The molecule has 0 aliphatic rings. The lowest BCUT2D eigenvalue weighted by molar-refractivity contribution is -0.171. The Labute approximate surface area is 134 Å². The number of rotatable bonds is 10. The van der Waals surface area contributed by atoms with Gasteiger partial charge in [-0.05, 0) is 24.8 Å². The van der Waals surface area contributed by atoms with E-state index in [2.05, 4.69) is 0 Å². The summed E-state index contributed by atoms with van der Waals surface area (Å²) in [4.78, 5) is 33.3. The van der Waals surface area contributed by atoms with E-state index in [-0.39, 0.29) is 19.3 Å². The molecule has 0 saturated carbocycles. The summed E-state index contributed by atoms with van der Waals surface area (Å²) < 4.78 is 0. The Kier molecular flexibility index (Phi) is 7.76. The van der Waals surface area contributed by atoms with Gasteiger partial charge >= 0.3 is 11.9 Å². The fraction of sp³-hybridized carbons (Fsp3) is 0.438. The molecule has 0 aromatic heterocycles. The molecule has 0 bridgehead atoms. The van der Waals surface area contributed by atoms with Crippen molar-refractivity contribution in [1.29, 1.82) is 0 Å². The predicted molar refractivity (Wildman–Crippen MR) is 80.9 cm³/mol. The van der Waals surface area contributed by atoms with Crippen LogP contribution in [0, 0.1) is 5.92 Å². The molecule has 0 aliphatic heterocycles. The van der Waals surface area contributed by atoms with Crippen LogP contribution >= 0.6 is 0 Å². The molecule has 1 atom stereocenters. The third-order valence-electron chi connectivity index (χ3n) is 3.44. The average molecular weight is 323 g/mol. The van der Waals surface area contributed by atoms with Gasteiger partial charge in [0, 0.05) is 12.8 Å². The van der Waals surface area contributed by atoms with E-state index in [9.17, 15) is 19.6 Å². The Bertz CT molecular complexity index is 531. The summed E-state index contributed by atoms with van der Waals surface area (Å²) in [5.41, 5.74) is 1.08. The van der Waals surface area contributed by atoms with Crippen molar-refractivity contribution in [3.8, 4) is 0 Å². The average Bonchev–Trinajstić information content (AvgIpc) is 2.51. The molecule has 126 valence electrons. The number of hydrogen-bond donors (Lipinski definition) is 3. The maximum Gasteiger partial charge on any atom is 0.308 e. The maximum atomic E-state index is 11.8. The predicted octanol–water partition coefficient (Wildman–Crippen LogP) is 1.79. The van der Waals surface area contributed by atoms with Crippen LogP contribution < -0.4 is 0 Å². The highest BCUT2D eigenvalue weighted by Gasteiger charge is 2.23. The van der Waals surface area contributed by atoms with Crippen molar-refractivity contribution in [2.45, 2.75) is 32.1 Å². The highest BCUT2D eigenvalue weighted by Crippen LogP contribution is 2.11. The molecule has 1 aromatic carbocycles. The van der Waals surface area contributed by atoms with Crippen LogP contribution in [0.4, 0.5) is 0 Å². The number of hydrogen-bond acceptors (Lipinski definition) is 4. The van der Waals surface area contributed by atoms with Crippen LogP contribution in [0.5, 0.6) is 0 Å². The van der Waals surface area contributed by atoms with E-state index in [1.807, 2.05) is 30.3 Å². The van der Waals surface area contributed by atoms with Crippen molar-refractivity contribution < 1.29 is 29.8 Å². The van der Waals surface area contributed by atoms with Crippen molar-refractivity contribution in [2.75, 3.05) is 6.54 Å². The number of carboxylic acid groups (broad SMARTS) is 2. The number of carboxylic acids is 2. The van der Waals surface area contributed by atoms with Crippen molar-refractivity contribution >= 4 is 17.8 Å². The van der Waals surface area contributed by atoms with Gasteiger partial charge in [-0.3, -0.25) is 19.6 Å². The van der Waals surface area contributed by atoms with Crippen LogP contribution in [0.15, 0.2) is 30.3 Å². The number of carbonyl (C=O) groups is 3. The number of nitrogens with zero attached hydrogens (tertiary/aromatic N) is 1. The molecule has 1 unspecified atom stereocenters. The molecular formula is C16H21NO6. The SMILES string of the molecule is O=C(O)CCC(CN(O)C(=O)CCCc1ccccc1)C(=O)O.